The van der Waals surface area contributed by atoms with Crippen LogP contribution in [0.3, 0.4) is 0 Å². The minimum absolute atomic E-state index is 0.327. The quantitative estimate of drug-likeness (QED) is 0.351. The second-order valence-corrected chi connectivity index (χ2v) is 9.13. The van der Waals surface area contributed by atoms with Crippen LogP contribution in [0.2, 0.25) is 0 Å². The first-order chi connectivity index (χ1) is 9.51. The van der Waals surface area contributed by atoms with Gasteiger partial charge in [0.15, 0.2) is 4.90 Å². The zero-order valence-corrected chi connectivity index (χ0v) is 14.6. The van der Waals surface area contributed by atoms with Crippen LogP contribution in [-0.2, 0) is 10.9 Å². The third kappa shape index (κ3) is 12.0. The molecule has 1 N–H and O–H groups in total. The Labute approximate surface area is 129 Å². The van der Waals surface area contributed by atoms with Crippen LogP contribution in [0.1, 0.15) is 30.9 Å². The molecule has 0 aliphatic carbocycles. The summed E-state index contributed by atoms with van der Waals surface area (Å²) in [5.41, 5.74) is 2.00. The van der Waals surface area contributed by atoms with Crippen molar-refractivity contribution in [1.29, 1.82) is 0 Å². The van der Waals surface area contributed by atoms with Crippen LogP contribution in [-0.4, -0.2) is 17.1 Å². The van der Waals surface area contributed by atoms with E-state index in [1.807, 2.05) is 13.8 Å². The summed E-state index contributed by atoms with van der Waals surface area (Å²) in [6.45, 7) is 6.18. The normalized spacial score (nSPS) is 16.1. The van der Waals surface area contributed by atoms with E-state index in [0.717, 1.165) is 11.1 Å². The van der Waals surface area contributed by atoms with Crippen LogP contribution in [0, 0.1) is 13.8 Å². The van der Waals surface area contributed by atoms with Crippen molar-refractivity contribution in [2.24, 2.45) is 0 Å². The third-order valence-electron chi connectivity index (χ3n) is 2.67. The molecule has 0 saturated heterocycles. The van der Waals surface area contributed by atoms with Crippen molar-refractivity contribution in [2.75, 3.05) is 12.0 Å². The van der Waals surface area contributed by atoms with Gasteiger partial charge in [0.2, 0.25) is 0 Å². The maximum absolute atomic E-state index is 10.7. The molecule has 0 heterocycles. The van der Waals surface area contributed by atoms with E-state index >= 15 is 0 Å². The zero-order chi connectivity index (χ0) is 17.8. The Balaban J connectivity index is 0.000000534. The van der Waals surface area contributed by atoms with Gasteiger partial charge in [0.05, 0.1) is 0 Å². The van der Waals surface area contributed by atoms with Crippen molar-refractivity contribution in [3.63, 3.8) is 0 Å². The summed E-state index contributed by atoms with van der Waals surface area (Å²) in [4.78, 5) is 1.39. The third-order valence-corrected chi connectivity index (χ3v) is 4.61. The summed E-state index contributed by atoms with van der Waals surface area (Å²) in [5, 5.41) is 9.69. The number of benzene rings is 1. The summed E-state index contributed by atoms with van der Waals surface area (Å²) in [7, 11) is -10.3. The predicted octanol–water partition coefficient (Wildman–Crippen LogP) is 6.80. The molecule has 1 nitrogen and oxygen atoms in total. The number of phenols is 1. The van der Waals surface area contributed by atoms with Crippen molar-refractivity contribution in [3.8, 4) is 5.75 Å². The second kappa shape index (κ2) is 6.48. The summed E-state index contributed by atoms with van der Waals surface area (Å²) < 4.78 is 59.2. The molecule has 0 fully saturated rings. The van der Waals surface area contributed by atoms with E-state index in [4.69, 9.17) is 0 Å². The van der Waals surface area contributed by atoms with Crippen LogP contribution in [0.5, 0.6) is 5.75 Å². The van der Waals surface area contributed by atoms with Gasteiger partial charge in [-0.3, -0.25) is 0 Å². The minimum atomic E-state index is -10.7. The second-order valence-electron chi connectivity index (χ2n) is 5.06. The molecular formula is C13H21F6OPS. The molecule has 1 aromatic carbocycles. The molecule has 0 aromatic heterocycles. The molecule has 0 saturated carbocycles. The molecule has 0 aliphatic heterocycles. The van der Waals surface area contributed by atoms with Crippen LogP contribution in [0.25, 0.3) is 0 Å². The number of rotatable bonds is 4. The van der Waals surface area contributed by atoms with E-state index in [2.05, 4.69) is 25.3 Å². The monoisotopic (exact) mass is 370 g/mol. The Bertz CT molecular complexity index is 480. The van der Waals surface area contributed by atoms with Gasteiger partial charge >= 0.3 is 33.0 Å². The summed E-state index contributed by atoms with van der Waals surface area (Å²) in [5.74, 6) is 1.71. The van der Waals surface area contributed by atoms with Gasteiger partial charge in [-0.1, -0.05) is 13.3 Å². The van der Waals surface area contributed by atoms with E-state index in [1.165, 1.54) is 23.5 Å². The Morgan fingerprint density at radius 3 is 1.68 bits per heavy atom. The Kier molecular flexibility index (Phi) is 6.29. The molecule has 9 heteroatoms. The first-order valence-corrected chi connectivity index (χ1v) is 10.3. The van der Waals surface area contributed by atoms with E-state index in [0.29, 0.717) is 16.6 Å². The van der Waals surface area contributed by atoms with Crippen LogP contribution in [0.4, 0.5) is 25.2 Å². The van der Waals surface area contributed by atoms with Gasteiger partial charge < -0.3 is 5.11 Å². The molecule has 0 bridgehead atoms. The van der Waals surface area contributed by atoms with Gasteiger partial charge in [-0.25, -0.2) is 0 Å². The van der Waals surface area contributed by atoms with Crippen molar-refractivity contribution < 1.29 is 30.3 Å². The Morgan fingerprint density at radius 1 is 1.00 bits per heavy atom. The number of aryl methyl sites for hydroxylation is 2. The van der Waals surface area contributed by atoms with Gasteiger partial charge in [0.25, 0.3) is 0 Å². The Hall–Kier alpha value is -0.620. The van der Waals surface area contributed by atoms with Crippen LogP contribution in [0.15, 0.2) is 17.0 Å². The van der Waals surface area contributed by atoms with Crippen LogP contribution < -0.4 is 0 Å². The average molecular weight is 370 g/mol. The molecule has 1 aromatic rings. The number of unbranched alkanes of at least 4 members (excludes halogenated alkanes) is 1. The molecule has 132 valence electrons. The number of hydrogen-bond acceptors (Lipinski definition) is 1. The maximum atomic E-state index is 9.87. The topological polar surface area (TPSA) is 20.2 Å². The van der Waals surface area contributed by atoms with Gasteiger partial charge in [-0.2, -0.15) is 0 Å². The van der Waals surface area contributed by atoms with E-state index in [1.54, 1.807) is 0 Å². The standard InChI is InChI=1S/C13H20OS.F6P/c1-5-6-7-15(4)12-8-10(2)13(14)11(3)9-12;1-7(2,3,4,5)6/h8-9H,5-7H2,1-4H3;/q;-1/p+1. The van der Waals surface area contributed by atoms with Gasteiger partial charge in [-0.05, 0) is 43.5 Å². The fraction of sp³-hybridized carbons (Fsp3) is 0.538. The molecule has 0 aliphatic rings. The predicted molar refractivity (Wildman–Crippen MR) is 82.5 cm³/mol. The first-order valence-electron chi connectivity index (χ1n) is 6.50. The summed E-state index contributed by atoms with van der Waals surface area (Å²) >= 11 is 0. The van der Waals surface area contributed by atoms with Gasteiger partial charge in [0, 0.05) is 10.9 Å². The first kappa shape index (κ1) is 21.4. The SMILES string of the molecule is CCCC[S+](C)c1cc(C)c(O)c(C)c1.F[P-](F)(F)(F)(F)F. The molecule has 22 heavy (non-hydrogen) atoms. The number of halogens is 6. The van der Waals surface area contributed by atoms with E-state index in [-0.39, 0.29) is 0 Å². The summed E-state index contributed by atoms with van der Waals surface area (Å²) in [6, 6.07) is 4.25. The summed E-state index contributed by atoms with van der Waals surface area (Å²) in [6.07, 6.45) is 4.84. The average Bonchev–Trinajstić information content (AvgIpc) is 2.28. The van der Waals surface area contributed by atoms with Crippen molar-refractivity contribution >= 4 is 18.7 Å². The van der Waals surface area contributed by atoms with Crippen molar-refractivity contribution in [2.45, 2.75) is 38.5 Å². The fourth-order valence-corrected chi connectivity index (χ4v) is 3.31. The van der Waals surface area contributed by atoms with Crippen molar-refractivity contribution in [3.05, 3.63) is 23.3 Å². The number of hydrogen-bond donors (Lipinski definition) is 1. The molecule has 1 rings (SSSR count). The molecule has 1 unspecified atom stereocenters. The van der Waals surface area contributed by atoms with Crippen LogP contribution >= 0.6 is 7.81 Å². The molecule has 1 atom stereocenters. The number of phenolic OH excluding ortho intramolecular Hbond substituents is 1. The van der Waals surface area contributed by atoms with Gasteiger partial charge in [-0.15, -0.1) is 0 Å². The molecule has 0 amide bonds. The van der Waals surface area contributed by atoms with Crippen molar-refractivity contribution in [1.82, 2.24) is 0 Å². The zero-order valence-electron chi connectivity index (χ0n) is 12.8. The fourth-order valence-electron chi connectivity index (χ4n) is 1.60. The Morgan fingerprint density at radius 2 is 1.36 bits per heavy atom. The van der Waals surface area contributed by atoms with Gasteiger partial charge in [0.1, 0.15) is 17.8 Å². The number of aromatic hydroxyl groups is 1. The molecule has 0 spiro atoms. The molecular weight excluding hydrogens is 349 g/mol. The van der Waals surface area contributed by atoms with E-state index < -0.39 is 7.81 Å². The van der Waals surface area contributed by atoms with E-state index in [9.17, 15) is 30.3 Å². The molecule has 0 radical (unpaired) electrons.